The van der Waals surface area contributed by atoms with Crippen molar-refractivity contribution in [3.05, 3.63) is 23.8 Å². The standard InChI is InChI=1S/C18H24N2O4/c1-13(21)19-6-8-20(9-7-19)17(22)18(2,3)14-4-5-15-16(12-14)24-11-10-23-15/h4-5,12H,6-11H2,1-3H3. The van der Waals surface area contributed by atoms with Gasteiger partial charge in [0.05, 0.1) is 5.41 Å². The third-order valence-electron chi connectivity index (χ3n) is 4.81. The van der Waals surface area contributed by atoms with Gasteiger partial charge in [-0.3, -0.25) is 9.59 Å². The number of rotatable bonds is 2. The zero-order chi connectivity index (χ0) is 17.3. The van der Waals surface area contributed by atoms with Crippen molar-refractivity contribution in [2.24, 2.45) is 0 Å². The molecule has 2 amide bonds. The lowest BCUT2D eigenvalue weighted by molar-refractivity contribution is -0.141. The van der Waals surface area contributed by atoms with Gasteiger partial charge in [-0.2, -0.15) is 0 Å². The average molecular weight is 332 g/mol. The van der Waals surface area contributed by atoms with Crippen molar-refractivity contribution in [2.75, 3.05) is 39.4 Å². The molecule has 0 spiro atoms. The lowest BCUT2D eigenvalue weighted by Crippen LogP contribution is -2.54. The summed E-state index contributed by atoms with van der Waals surface area (Å²) in [5.41, 5.74) is 0.250. The molecule has 130 valence electrons. The third kappa shape index (κ3) is 3.05. The summed E-state index contributed by atoms with van der Waals surface area (Å²) >= 11 is 0. The van der Waals surface area contributed by atoms with Crippen LogP contribution in [0.1, 0.15) is 26.3 Å². The van der Waals surface area contributed by atoms with Crippen molar-refractivity contribution < 1.29 is 19.1 Å². The van der Waals surface area contributed by atoms with Crippen molar-refractivity contribution in [3.63, 3.8) is 0 Å². The molecule has 2 aliphatic rings. The highest BCUT2D eigenvalue weighted by Gasteiger charge is 2.36. The zero-order valence-corrected chi connectivity index (χ0v) is 14.5. The van der Waals surface area contributed by atoms with E-state index in [9.17, 15) is 9.59 Å². The summed E-state index contributed by atoms with van der Waals surface area (Å²) in [6.45, 7) is 8.84. The highest BCUT2D eigenvalue weighted by Crippen LogP contribution is 2.36. The van der Waals surface area contributed by atoms with Crippen molar-refractivity contribution in [1.29, 1.82) is 0 Å². The zero-order valence-electron chi connectivity index (χ0n) is 14.5. The van der Waals surface area contributed by atoms with Crippen LogP contribution in [0, 0.1) is 0 Å². The van der Waals surface area contributed by atoms with Gasteiger partial charge in [-0.05, 0) is 31.5 Å². The Labute approximate surface area is 142 Å². The number of amides is 2. The van der Waals surface area contributed by atoms with Crippen molar-refractivity contribution >= 4 is 11.8 Å². The highest BCUT2D eigenvalue weighted by atomic mass is 16.6. The van der Waals surface area contributed by atoms with E-state index < -0.39 is 5.41 Å². The van der Waals surface area contributed by atoms with Crippen LogP contribution in [0.15, 0.2) is 18.2 Å². The Morgan fingerprint density at radius 1 is 0.958 bits per heavy atom. The molecule has 3 rings (SSSR count). The number of carbonyl (C=O) groups excluding carboxylic acids is 2. The van der Waals surface area contributed by atoms with Gasteiger partial charge in [0.2, 0.25) is 11.8 Å². The van der Waals surface area contributed by atoms with E-state index >= 15 is 0 Å². The quantitative estimate of drug-likeness (QED) is 0.822. The number of fused-ring (bicyclic) bond motifs is 1. The maximum absolute atomic E-state index is 13.0. The van der Waals surface area contributed by atoms with E-state index in [1.54, 1.807) is 11.8 Å². The minimum Gasteiger partial charge on any atom is -0.486 e. The summed E-state index contributed by atoms with van der Waals surface area (Å²) in [5.74, 6) is 1.56. The summed E-state index contributed by atoms with van der Waals surface area (Å²) in [4.78, 5) is 28.1. The first-order valence-corrected chi connectivity index (χ1v) is 8.34. The number of benzene rings is 1. The molecule has 24 heavy (non-hydrogen) atoms. The van der Waals surface area contributed by atoms with Crippen LogP contribution in [0.4, 0.5) is 0 Å². The number of carbonyl (C=O) groups is 2. The molecule has 0 N–H and O–H groups in total. The lowest BCUT2D eigenvalue weighted by Gasteiger charge is -2.38. The maximum Gasteiger partial charge on any atom is 0.232 e. The van der Waals surface area contributed by atoms with Crippen molar-refractivity contribution in [3.8, 4) is 11.5 Å². The summed E-state index contributed by atoms with van der Waals surface area (Å²) in [6, 6.07) is 5.70. The molecule has 0 saturated carbocycles. The van der Waals surface area contributed by atoms with Gasteiger partial charge in [0.1, 0.15) is 13.2 Å². The first-order valence-electron chi connectivity index (χ1n) is 8.34. The van der Waals surface area contributed by atoms with E-state index in [1.807, 2.05) is 36.9 Å². The van der Waals surface area contributed by atoms with Crippen LogP contribution >= 0.6 is 0 Å². The maximum atomic E-state index is 13.0. The van der Waals surface area contributed by atoms with Crippen LogP contribution in [-0.4, -0.2) is 61.0 Å². The van der Waals surface area contributed by atoms with Crippen LogP contribution in [0.5, 0.6) is 11.5 Å². The molecule has 1 fully saturated rings. The predicted molar refractivity (Wildman–Crippen MR) is 89.3 cm³/mol. The number of hydrogen-bond acceptors (Lipinski definition) is 4. The molecule has 6 nitrogen and oxygen atoms in total. The first-order chi connectivity index (χ1) is 11.4. The number of hydrogen-bond donors (Lipinski definition) is 0. The van der Waals surface area contributed by atoms with Crippen LogP contribution in [0.25, 0.3) is 0 Å². The van der Waals surface area contributed by atoms with Gasteiger partial charge in [0.25, 0.3) is 0 Å². The minimum atomic E-state index is -0.659. The molecular formula is C18H24N2O4. The molecule has 0 radical (unpaired) electrons. The van der Waals surface area contributed by atoms with Gasteiger partial charge < -0.3 is 19.3 Å². The molecule has 1 aromatic rings. The van der Waals surface area contributed by atoms with Gasteiger partial charge in [0.15, 0.2) is 11.5 Å². The summed E-state index contributed by atoms with van der Waals surface area (Å²) in [6.07, 6.45) is 0. The van der Waals surface area contributed by atoms with E-state index in [4.69, 9.17) is 9.47 Å². The number of piperazine rings is 1. The summed E-state index contributed by atoms with van der Waals surface area (Å²) < 4.78 is 11.2. The fraction of sp³-hybridized carbons (Fsp3) is 0.556. The molecule has 0 unspecified atom stereocenters. The molecule has 2 aliphatic heterocycles. The van der Waals surface area contributed by atoms with Gasteiger partial charge >= 0.3 is 0 Å². The average Bonchev–Trinajstić information content (AvgIpc) is 2.60. The monoisotopic (exact) mass is 332 g/mol. The molecule has 2 heterocycles. The molecule has 0 atom stereocenters. The molecular weight excluding hydrogens is 308 g/mol. The van der Waals surface area contributed by atoms with Gasteiger partial charge in [-0.1, -0.05) is 6.07 Å². The SMILES string of the molecule is CC(=O)N1CCN(C(=O)C(C)(C)c2ccc3c(c2)OCCO3)CC1. The second-order valence-corrected chi connectivity index (χ2v) is 6.78. The van der Waals surface area contributed by atoms with Crippen LogP contribution in [-0.2, 0) is 15.0 Å². The van der Waals surface area contributed by atoms with Gasteiger partial charge in [-0.25, -0.2) is 0 Å². The first kappa shape index (κ1) is 16.6. The predicted octanol–water partition coefficient (Wildman–Crippen LogP) is 1.43. The second-order valence-electron chi connectivity index (χ2n) is 6.78. The van der Waals surface area contributed by atoms with Crippen molar-refractivity contribution in [2.45, 2.75) is 26.2 Å². The Bertz CT molecular complexity index is 648. The molecule has 6 heteroatoms. The van der Waals surface area contributed by atoms with E-state index in [0.717, 1.165) is 11.3 Å². The Kier molecular flexibility index (Phi) is 4.39. The summed E-state index contributed by atoms with van der Waals surface area (Å²) in [7, 11) is 0. The fourth-order valence-corrected chi connectivity index (χ4v) is 3.18. The van der Waals surface area contributed by atoms with Crippen molar-refractivity contribution in [1.82, 2.24) is 9.80 Å². The Hall–Kier alpha value is -2.24. The van der Waals surface area contributed by atoms with E-state index in [2.05, 4.69) is 0 Å². The highest BCUT2D eigenvalue weighted by molar-refractivity contribution is 5.88. The largest absolute Gasteiger partial charge is 0.486 e. The van der Waals surface area contributed by atoms with E-state index in [0.29, 0.717) is 45.1 Å². The summed E-state index contributed by atoms with van der Waals surface area (Å²) in [5, 5.41) is 0. The van der Waals surface area contributed by atoms with Gasteiger partial charge in [0, 0.05) is 33.1 Å². The lowest BCUT2D eigenvalue weighted by atomic mass is 9.82. The van der Waals surface area contributed by atoms with E-state index in [1.165, 1.54) is 0 Å². The van der Waals surface area contributed by atoms with E-state index in [-0.39, 0.29) is 11.8 Å². The smallest absolute Gasteiger partial charge is 0.232 e. The number of ether oxygens (including phenoxy) is 2. The fourth-order valence-electron chi connectivity index (χ4n) is 3.18. The van der Waals surface area contributed by atoms with Gasteiger partial charge in [-0.15, -0.1) is 0 Å². The number of nitrogens with zero attached hydrogens (tertiary/aromatic N) is 2. The molecule has 0 bridgehead atoms. The molecule has 1 aromatic carbocycles. The molecule has 0 aliphatic carbocycles. The Morgan fingerprint density at radius 3 is 2.17 bits per heavy atom. The minimum absolute atomic E-state index is 0.0631. The molecule has 0 aromatic heterocycles. The third-order valence-corrected chi connectivity index (χ3v) is 4.81. The van der Waals surface area contributed by atoms with Crippen LogP contribution in [0.3, 0.4) is 0 Å². The molecule has 1 saturated heterocycles. The second kappa shape index (κ2) is 6.34. The topological polar surface area (TPSA) is 59.1 Å². The van der Waals surface area contributed by atoms with Crippen LogP contribution in [0.2, 0.25) is 0 Å². The van der Waals surface area contributed by atoms with Crippen LogP contribution < -0.4 is 9.47 Å². The Balaban J connectivity index is 1.75. The Morgan fingerprint density at radius 2 is 1.54 bits per heavy atom. The normalized spacial score (nSPS) is 17.6.